The first-order valence-electron chi connectivity index (χ1n) is 6.56. The van der Waals surface area contributed by atoms with E-state index in [4.69, 9.17) is 22.7 Å². The number of nitrogens with zero attached hydrogens (tertiary/aromatic N) is 1. The van der Waals surface area contributed by atoms with Gasteiger partial charge < -0.3 is 15.7 Å². The van der Waals surface area contributed by atoms with Crippen LogP contribution in [0, 0.1) is 11.3 Å². The molecule has 4 N–H and O–H groups in total. The highest BCUT2D eigenvalue weighted by atomic mass is 35.5. The molecule has 1 saturated heterocycles. The van der Waals surface area contributed by atoms with Crippen molar-refractivity contribution in [2.75, 3.05) is 18.0 Å². The highest BCUT2D eigenvalue weighted by Crippen LogP contribution is 2.31. The Kier molecular flexibility index (Phi) is 4.32. The number of rotatable bonds is 3. The summed E-state index contributed by atoms with van der Waals surface area (Å²) in [5.41, 5.74) is 7.07. The zero-order valence-electron chi connectivity index (χ0n) is 11.1. The Balaban J connectivity index is 2.09. The average molecular weight is 282 g/mol. The van der Waals surface area contributed by atoms with Crippen molar-refractivity contribution in [2.24, 2.45) is 11.7 Å². The van der Waals surface area contributed by atoms with Crippen LogP contribution in [0.1, 0.15) is 25.3 Å². The maximum absolute atomic E-state index is 9.60. The van der Waals surface area contributed by atoms with E-state index in [0.717, 1.165) is 31.6 Å². The fraction of sp³-hybridized carbons (Fsp3) is 0.500. The molecule has 2 rings (SSSR count). The SMILES string of the molecule is CC(O)C1CCN(c2ccc(C(=N)N)cc2Cl)CC1. The summed E-state index contributed by atoms with van der Waals surface area (Å²) in [6, 6.07) is 5.48. The summed E-state index contributed by atoms with van der Waals surface area (Å²) in [6.07, 6.45) is 1.71. The van der Waals surface area contributed by atoms with Crippen LogP contribution in [0.4, 0.5) is 5.69 Å². The molecule has 1 aliphatic heterocycles. The molecule has 1 heterocycles. The quantitative estimate of drug-likeness (QED) is 0.587. The van der Waals surface area contributed by atoms with Crippen molar-refractivity contribution in [3.05, 3.63) is 28.8 Å². The Bertz CT molecular complexity index is 468. The molecule has 19 heavy (non-hydrogen) atoms. The summed E-state index contributed by atoms with van der Waals surface area (Å²) in [7, 11) is 0. The number of nitrogens with two attached hydrogens (primary N) is 1. The Hall–Kier alpha value is -1.26. The van der Waals surface area contributed by atoms with E-state index in [-0.39, 0.29) is 11.9 Å². The van der Waals surface area contributed by atoms with Crippen LogP contribution in [0.2, 0.25) is 5.02 Å². The Morgan fingerprint density at radius 1 is 1.47 bits per heavy atom. The number of aliphatic hydroxyl groups excluding tert-OH is 1. The van der Waals surface area contributed by atoms with Gasteiger partial charge in [0.15, 0.2) is 0 Å². The molecule has 0 saturated carbocycles. The number of nitrogens with one attached hydrogen (secondary N) is 1. The van der Waals surface area contributed by atoms with Crippen molar-refractivity contribution >= 4 is 23.1 Å². The summed E-state index contributed by atoms with van der Waals surface area (Å²) >= 11 is 6.26. The molecule has 0 bridgehead atoms. The van der Waals surface area contributed by atoms with E-state index >= 15 is 0 Å². The standard InChI is InChI=1S/C14H20ClN3O/c1-9(19)10-4-6-18(7-5-10)13-3-2-11(14(16)17)8-12(13)15/h2-3,8-10,19H,4-7H2,1H3,(H3,16,17). The van der Waals surface area contributed by atoms with Gasteiger partial charge in [0.2, 0.25) is 0 Å². The van der Waals surface area contributed by atoms with Crippen LogP contribution in [-0.2, 0) is 0 Å². The molecule has 0 amide bonds. The molecule has 104 valence electrons. The van der Waals surface area contributed by atoms with Crippen LogP contribution in [0.15, 0.2) is 18.2 Å². The fourth-order valence-electron chi connectivity index (χ4n) is 2.55. The van der Waals surface area contributed by atoms with Crippen molar-refractivity contribution in [3.63, 3.8) is 0 Å². The number of benzene rings is 1. The lowest BCUT2D eigenvalue weighted by atomic mass is 9.92. The third-order valence-corrected chi connectivity index (χ3v) is 4.12. The van der Waals surface area contributed by atoms with Crippen molar-refractivity contribution in [1.82, 2.24) is 0 Å². The van der Waals surface area contributed by atoms with E-state index in [2.05, 4.69) is 4.90 Å². The number of anilines is 1. The molecule has 1 aromatic carbocycles. The number of aliphatic hydroxyl groups is 1. The number of nitrogen functional groups attached to an aromatic ring is 1. The van der Waals surface area contributed by atoms with Gasteiger partial charge in [0.25, 0.3) is 0 Å². The lowest BCUT2D eigenvalue weighted by Gasteiger charge is -2.35. The predicted octanol–water partition coefficient (Wildman–Crippen LogP) is 2.22. The minimum absolute atomic E-state index is 0.0289. The largest absolute Gasteiger partial charge is 0.393 e. The van der Waals surface area contributed by atoms with Crippen molar-refractivity contribution < 1.29 is 5.11 Å². The summed E-state index contributed by atoms with van der Waals surface area (Å²) < 4.78 is 0. The van der Waals surface area contributed by atoms with Crippen LogP contribution in [0.25, 0.3) is 0 Å². The normalized spacial score (nSPS) is 18.4. The molecule has 1 aromatic rings. The molecule has 1 atom stereocenters. The molecular formula is C14H20ClN3O. The van der Waals surface area contributed by atoms with Gasteiger partial charge in [0.1, 0.15) is 5.84 Å². The lowest BCUT2D eigenvalue weighted by Crippen LogP contribution is -2.37. The number of hydrogen-bond acceptors (Lipinski definition) is 3. The summed E-state index contributed by atoms with van der Waals surface area (Å²) in [4.78, 5) is 2.23. The topological polar surface area (TPSA) is 73.3 Å². The predicted molar refractivity (Wildman–Crippen MR) is 79.1 cm³/mol. The van der Waals surface area contributed by atoms with E-state index in [9.17, 15) is 5.11 Å². The highest BCUT2D eigenvalue weighted by Gasteiger charge is 2.23. The minimum atomic E-state index is -0.238. The third-order valence-electron chi connectivity index (χ3n) is 3.82. The highest BCUT2D eigenvalue weighted by molar-refractivity contribution is 6.33. The molecule has 5 heteroatoms. The Morgan fingerprint density at radius 3 is 2.58 bits per heavy atom. The Labute approximate surface area is 118 Å². The second-order valence-corrected chi connectivity index (χ2v) is 5.55. The molecule has 0 radical (unpaired) electrons. The zero-order valence-corrected chi connectivity index (χ0v) is 11.8. The van der Waals surface area contributed by atoms with Gasteiger partial charge in [-0.3, -0.25) is 5.41 Å². The van der Waals surface area contributed by atoms with Crippen LogP contribution < -0.4 is 10.6 Å². The molecule has 4 nitrogen and oxygen atoms in total. The number of hydrogen-bond donors (Lipinski definition) is 3. The number of halogens is 1. The third kappa shape index (κ3) is 3.19. The molecular weight excluding hydrogens is 262 g/mol. The van der Waals surface area contributed by atoms with Crippen LogP contribution >= 0.6 is 11.6 Å². The van der Waals surface area contributed by atoms with E-state index in [1.54, 1.807) is 6.07 Å². The minimum Gasteiger partial charge on any atom is -0.393 e. The van der Waals surface area contributed by atoms with Crippen molar-refractivity contribution in [2.45, 2.75) is 25.9 Å². The lowest BCUT2D eigenvalue weighted by molar-refractivity contribution is 0.110. The summed E-state index contributed by atoms with van der Waals surface area (Å²) in [6.45, 7) is 3.65. The van der Waals surface area contributed by atoms with Crippen LogP contribution in [0.5, 0.6) is 0 Å². The second-order valence-electron chi connectivity index (χ2n) is 5.14. The molecule has 1 unspecified atom stereocenters. The molecule has 0 aliphatic carbocycles. The number of piperidine rings is 1. The summed E-state index contributed by atoms with van der Waals surface area (Å²) in [5, 5.41) is 17.6. The zero-order chi connectivity index (χ0) is 14.0. The first-order valence-corrected chi connectivity index (χ1v) is 6.94. The fourth-order valence-corrected chi connectivity index (χ4v) is 2.85. The molecule has 0 spiro atoms. The Morgan fingerprint density at radius 2 is 2.11 bits per heavy atom. The maximum Gasteiger partial charge on any atom is 0.122 e. The average Bonchev–Trinajstić information content (AvgIpc) is 2.38. The van der Waals surface area contributed by atoms with Gasteiger partial charge in [-0.15, -0.1) is 0 Å². The van der Waals surface area contributed by atoms with E-state index < -0.39 is 0 Å². The second kappa shape index (κ2) is 5.80. The molecule has 1 aliphatic rings. The number of amidine groups is 1. The van der Waals surface area contributed by atoms with Gasteiger partial charge in [-0.25, -0.2) is 0 Å². The van der Waals surface area contributed by atoms with Gasteiger partial charge in [-0.2, -0.15) is 0 Å². The van der Waals surface area contributed by atoms with Gasteiger partial charge in [-0.05, 0) is 43.9 Å². The van der Waals surface area contributed by atoms with Crippen LogP contribution in [-0.4, -0.2) is 30.1 Å². The van der Waals surface area contributed by atoms with Crippen molar-refractivity contribution in [3.8, 4) is 0 Å². The van der Waals surface area contributed by atoms with Crippen LogP contribution in [0.3, 0.4) is 0 Å². The molecule has 0 aromatic heterocycles. The molecule has 1 fully saturated rings. The van der Waals surface area contributed by atoms with E-state index in [1.165, 1.54) is 0 Å². The van der Waals surface area contributed by atoms with E-state index in [1.807, 2.05) is 19.1 Å². The smallest absolute Gasteiger partial charge is 0.122 e. The first kappa shape index (κ1) is 14.2. The maximum atomic E-state index is 9.60. The first-order chi connectivity index (χ1) is 8.99. The monoisotopic (exact) mass is 281 g/mol. The van der Waals surface area contributed by atoms with Gasteiger partial charge in [-0.1, -0.05) is 11.6 Å². The summed E-state index contributed by atoms with van der Waals surface area (Å²) in [5.74, 6) is 0.410. The van der Waals surface area contributed by atoms with Gasteiger partial charge in [0.05, 0.1) is 16.8 Å². The van der Waals surface area contributed by atoms with E-state index in [0.29, 0.717) is 16.5 Å². The van der Waals surface area contributed by atoms with Gasteiger partial charge in [0, 0.05) is 18.7 Å². The van der Waals surface area contributed by atoms with Crippen molar-refractivity contribution in [1.29, 1.82) is 5.41 Å². The van der Waals surface area contributed by atoms with Gasteiger partial charge >= 0.3 is 0 Å².